The lowest BCUT2D eigenvalue weighted by Crippen LogP contribution is -1.71. The van der Waals surface area contributed by atoms with E-state index < -0.39 is 0 Å². The Kier molecular flexibility index (Phi) is 0.260. The van der Waals surface area contributed by atoms with E-state index in [0.29, 0.717) is 0 Å². The van der Waals surface area contributed by atoms with Crippen molar-refractivity contribution in [3.05, 3.63) is 0 Å². The minimum atomic E-state index is 1.03. The van der Waals surface area contributed by atoms with Gasteiger partial charge in [-0.1, -0.05) is 0 Å². The highest BCUT2D eigenvalue weighted by atomic mass is 14.8. The molecule has 3 saturated carbocycles. The van der Waals surface area contributed by atoms with Crippen molar-refractivity contribution >= 4 is 0 Å². The lowest BCUT2D eigenvalue weighted by molar-refractivity contribution is 0.677. The van der Waals surface area contributed by atoms with Crippen molar-refractivity contribution in [2.45, 2.75) is 25.7 Å². The van der Waals surface area contributed by atoms with Gasteiger partial charge < -0.3 is 0 Å². The third-order valence-corrected chi connectivity index (χ3v) is 3.42. The van der Waals surface area contributed by atoms with Crippen LogP contribution in [0.15, 0.2) is 0 Å². The maximum atomic E-state index is 1.62. The minimum absolute atomic E-state index is 1.03. The molecule has 0 saturated heterocycles. The molecule has 0 heteroatoms. The van der Waals surface area contributed by atoms with Gasteiger partial charge in [-0.2, -0.15) is 0 Å². The maximum Gasteiger partial charge on any atom is -0.0235 e. The molecule has 0 nitrogen and oxygen atoms in total. The van der Waals surface area contributed by atoms with E-state index in [1.54, 1.807) is 25.7 Å². The quantitative estimate of drug-likeness (QED) is 0.429. The second-order valence-corrected chi connectivity index (χ2v) is 3.61. The van der Waals surface area contributed by atoms with Crippen LogP contribution in [0.3, 0.4) is 0 Å². The van der Waals surface area contributed by atoms with Gasteiger partial charge in [0.1, 0.15) is 0 Å². The topological polar surface area (TPSA) is 0 Å². The Bertz CT molecular complexity index is 106. The summed E-state index contributed by atoms with van der Waals surface area (Å²) in [5.74, 6) is 2.47. The van der Waals surface area contributed by atoms with Crippen LogP contribution in [0.5, 0.6) is 0 Å². The average Bonchev–Trinajstić information content (AvgIpc) is 2.49. The van der Waals surface area contributed by atoms with E-state index in [1.807, 2.05) is 0 Å². The molecule has 0 heterocycles. The molecule has 0 radical (unpaired) electrons. The van der Waals surface area contributed by atoms with Crippen molar-refractivity contribution in [1.82, 2.24) is 0 Å². The minimum Gasteiger partial charge on any atom is -0.0496 e. The first-order valence-corrected chi connectivity index (χ1v) is 3.42. The molecule has 3 fully saturated rings. The summed E-state index contributed by atoms with van der Waals surface area (Å²) < 4.78 is 0. The molecule has 3 aliphatic rings. The van der Waals surface area contributed by atoms with E-state index in [2.05, 4.69) is 0 Å². The Balaban J connectivity index is 2.12. The molecule has 0 aromatic rings. The molecule has 2 unspecified atom stereocenters. The Hall–Kier alpha value is 0. The van der Waals surface area contributed by atoms with E-state index in [9.17, 15) is 0 Å². The van der Waals surface area contributed by atoms with Gasteiger partial charge >= 0.3 is 0 Å². The standard InChI is InChI=1S/C7H10/c1-2-6-4-7(6)3-5(1)7/h5-6H,1-4H2. The molecule has 1 spiro atoms. The molecule has 3 rings (SSSR count). The van der Waals surface area contributed by atoms with Gasteiger partial charge in [0.2, 0.25) is 0 Å². The first-order chi connectivity index (χ1) is 3.42. The Morgan fingerprint density at radius 2 is 1.57 bits per heavy atom. The van der Waals surface area contributed by atoms with Crippen LogP contribution in [0.25, 0.3) is 0 Å². The second-order valence-electron chi connectivity index (χ2n) is 3.61. The van der Waals surface area contributed by atoms with E-state index in [0.717, 1.165) is 5.41 Å². The van der Waals surface area contributed by atoms with Gasteiger partial charge in [0.05, 0.1) is 0 Å². The molecule has 0 amide bonds. The summed E-state index contributed by atoms with van der Waals surface area (Å²) in [6.45, 7) is 0. The molecule has 0 aromatic heterocycles. The van der Waals surface area contributed by atoms with Gasteiger partial charge in [0.15, 0.2) is 0 Å². The van der Waals surface area contributed by atoms with E-state index >= 15 is 0 Å². The number of hydrogen-bond acceptors (Lipinski definition) is 0. The molecule has 7 heavy (non-hydrogen) atoms. The summed E-state index contributed by atoms with van der Waals surface area (Å²) in [6.07, 6.45) is 6.42. The first-order valence-electron chi connectivity index (χ1n) is 3.42. The van der Waals surface area contributed by atoms with Crippen LogP contribution in [-0.4, -0.2) is 0 Å². The van der Waals surface area contributed by atoms with Crippen LogP contribution in [0, 0.1) is 17.3 Å². The lowest BCUT2D eigenvalue weighted by Gasteiger charge is -1.84. The Morgan fingerprint density at radius 3 is 1.71 bits per heavy atom. The molecular weight excluding hydrogens is 84.1 g/mol. The molecular formula is C7H10. The van der Waals surface area contributed by atoms with Crippen LogP contribution in [0.4, 0.5) is 0 Å². The highest BCUT2D eigenvalue weighted by Gasteiger charge is 2.73. The normalized spacial score (nSPS) is 72.0. The second kappa shape index (κ2) is 0.586. The molecule has 0 aromatic carbocycles. The highest BCUT2D eigenvalue weighted by molar-refractivity contribution is 5.22. The van der Waals surface area contributed by atoms with Gasteiger partial charge in [-0.25, -0.2) is 0 Å². The van der Waals surface area contributed by atoms with Crippen LogP contribution in [0.2, 0.25) is 0 Å². The molecule has 0 bridgehead atoms. The first kappa shape index (κ1) is 3.11. The Morgan fingerprint density at radius 1 is 1.00 bits per heavy atom. The molecule has 38 valence electrons. The molecule has 0 N–H and O–H groups in total. The fourth-order valence-electron chi connectivity index (χ4n) is 2.73. The SMILES string of the molecule is C1CC2CC23CC13. The van der Waals surface area contributed by atoms with Crippen molar-refractivity contribution in [2.75, 3.05) is 0 Å². The fourth-order valence-corrected chi connectivity index (χ4v) is 2.73. The number of rotatable bonds is 0. The van der Waals surface area contributed by atoms with Crippen molar-refractivity contribution in [3.63, 3.8) is 0 Å². The smallest absolute Gasteiger partial charge is 0.0235 e. The molecule has 3 aliphatic carbocycles. The van der Waals surface area contributed by atoms with Gasteiger partial charge in [-0.3, -0.25) is 0 Å². The maximum absolute atomic E-state index is 1.62. The van der Waals surface area contributed by atoms with Gasteiger partial charge in [0.25, 0.3) is 0 Å². The molecule has 2 atom stereocenters. The predicted octanol–water partition coefficient (Wildman–Crippen LogP) is 1.81. The summed E-state index contributed by atoms with van der Waals surface area (Å²) in [5.41, 5.74) is 1.03. The zero-order valence-corrected chi connectivity index (χ0v) is 4.48. The third kappa shape index (κ3) is 0.181. The van der Waals surface area contributed by atoms with Gasteiger partial charge in [0, 0.05) is 0 Å². The predicted molar refractivity (Wildman–Crippen MR) is 27.9 cm³/mol. The zero-order valence-electron chi connectivity index (χ0n) is 4.48. The summed E-state index contributed by atoms with van der Waals surface area (Å²) in [5, 5.41) is 0. The average molecular weight is 94.2 g/mol. The van der Waals surface area contributed by atoms with Gasteiger partial charge in [-0.05, 0) is 42.9 Å². The fraction of sp³-hybridized carbons (Fsp3) is 1.00. The lowest BCUT2D eigenvalue weighted by atomic mass is 10.2. The monoisotopic (exact) mass is 94.1 g/mol. The zero-order chi connectivity index (χ0) is 4.48. The van der Waals surface area contributed by atoms with E-state index in [1.165, 1.54) is 11.8 Å². The van der Waals surface area contributed by atoms with Crippen LogP contribution in [0.1, 0.15) is 25.7 Å². The van der Waals surface area contributed by atoms with Crippen molar-refractivity contribution in [1.29, 1.82) is 0 Å². The largest absolute Gasteiger partial charge is 0.0496 e. The van der Waals surface area contributed by atoms with Crippen molar-refractivity contribution < 1.29 is 0 Å². The van der Waals surface area contributed by atoms with Crippen molar-refractivity contribution in [3.8, 4) is 0 Å². The summed E-state index contributed by atoms with van der Waals surface area (Å²) in [6, 6.07) is 0. The summed E-state index contributed by atoms with van der Waals surface area (Å²) >= 11 is 0. The summed E-state index contributed by atoms with van der Waals surface area (Å²) in [4.78, 5) is 0. The Labute approximate surface area is 43.9 Å². The summed E-state index contributed by atoms with van der Waals surface area (Å²) in [7, 11) is 0. The highest BCUT2D eigenvalue weighted by Crippen LogP contribution is 2.81. The third-order valence-electron chi connectivity index (χ3n) is 3.42. The van der Waals surface area contributed by atoms with Gasteiger partial charge in [-0.15, -0.1) is 0 Å². The van der Waals surface area contributed by atoms with Crippen molar-refractivity contribution in [2.24, 2.45) is 17.3 Å². The van der Waals surface area contributed by atoms with Crippen LogP contribution < -0.4 is 0 Å². The van der Waals surface area contributed by atoms with E-state index in [4.69, 9.17) is 0 Å². The van der Waals surface area contributed by atoms with E-state index in [-0.39, 0.29) is 0 Å². The van der Waals surface area contributed by atoms with Crippen LogP contribution in [-0.2, 0) is 0 Å². The number of hydrogen-bond donors (Lipinski definition) is 0. The molecule has 0 aliphatic heterocycles. The van der Waals surface area contributed by atoms with Crippen LogP contribution >= 0.6 is 0 Å².